The standard InChI is InChI=1S/C24H24N2O5/c1-3-24(2,22(29)25-14-8-13-21(27)28)26-23(30)31-15-20-18-11-6-4-9-16(18)17-10-5-7-12-19(17)20/h4-7,9-12,20H,3,14-15H2,1-2H3,(H,25,29)(H,26,30)(H,27,28). The molecule has 31 heavy (non-hydrogen) atoms. The molecule has 0 bridgehead atoms. The molecule has 2 aromatic rings. The summed E-state index contributed by atoms with van der Waals surface area (Å²) in [7, 11) is 0. The molecule has 160 valence electrons. The molecule has 0 fully saturated rings. The lowest BCUT2D eigenvalue weighted by Gasteiger charge is -2.27. The molecule has 0 aliphatic heterocycles. The third-order valence-corrected chi connectivity index (χ3v) is 5.46. The van der Waals surface area contributed by atoms with Crippen LogP contribution in [0.5, 0.6) is 0 Å². The Morgan fingerprint density at radius 2 is 1.65 bits per heavy atom. The van der Waals surface area contributed by atoms with Crippen molar-refractivity contribution in [3.05, 3.63) is 59.7 Å². The highest BCUT2D eigenvalue weighted by Gasteiger charge is 2.34. The van der Waals surface area contributed by atoms with Gasteiger partial charge in [-0.1, -0.05) is 61.4 Å². The van der Waals surface area contributed by atoms with E-state index in [2.05, 4.69) is 28.7 Å². The number of fused-ring (bicyclic) bond motifs is 3. The van der Waals surface area contributed by atoms with Crippen molar-refractivity contribution in [1.82, 2.24) is 10.6 Å². The molecule has 7 heteroatoms. The molecule has 1 aliphatic rings. The predicted octanol–water partition coefficient (Wildman–Crippen LogP) is 2.90. The molecule has 1 aliphatic carbocycles. The lowest BCUT2D eigenvalue weighted by Crippen LogP contribution is -2.56. The van der Waals surface area contributed by atoms with Crippen LogP contribution >= 0.6 is 0 Å². The monoisotopic (exact) mass is 420 g/mol. The van der Waals surface area contributed by atoms with Gasteiger partial charge in [0.1, 0.15) is 12.1 Å². The number of carboxylic acid groups (broad SMARTS) is 1. The number of alkyl carbamates (subject to hydrolysis) is 1. The Morgan fingerprint density at radius 1 is 1.06 bits per heavy atom. The molecular weight excluding hydrogens is 396 g/mol. The van der Waals surface area contributed by atoms with Crippen LogP contribution in [-0.2, 0) is 14.3 Å². The van der Waals surface area contributed by atoms with Gasteiger partial charge >= 0.3 is 12.1 Å². The van der Waals surface area contributed by atoms with Gasteiger partial charge in [-0.3, -0.25) is 4.79 Å². The molecule has 0 spiro atoms. The van der Waals surface area contributed by atoms with E-state index in [9.17, 15) is 14.4 Å². The first-order valence-corrected chi connectivity index (χ1v) is 9.99. The summed E-state index contributed by atoms with van der Waals surface area (Å²) in [5.41, 5.74) is 3.25. The van der Waals surface area contributed by atoms with Crippen LogP contribution in [0.2, 0.25) is 0 Å². The van der Waals surface area contributed by atoms with Crippen LogP contribution in [0.15, 0.2) is 48.5 Å². The lowest BCUT2D eigenvalue weighted by atomic mass is 9.97. The first-order chi connectivity index (χ1) is 14.9. The highest BCUT2D eigenvalue weighted by molar-refractivity contribution is 5.90. The highest BCUT2D eigenvalue weighted by atomic mass is 16.5. The van der Waals surface area contributed by atoms with Crippen LogP contribution < -0.4 is 10.6 Å². The summed E-state index contributed by atoms with van der Waals surface area (Å²) in [6.45, 7) is 3.35. The number of carbonyl (C=O) groups excluding carboxylic acids is 2. The fraction of sp³-hybridized carbons (Fsp3) is 0.292. The number of hydrogen-bond donors (Lipinski definition) is 3. The average Bonchev–Trinajstić information content (AvgIpc) is 3.08. The number of benzene rings is 2. The minimum absolute atomic E-state index is 0.0776. The molecule has 7 nitrogen and oxygen atoms in total. The Hall–Kier alpha value is -3.79. The van der Waals surface area contributed by atoms with Gasteiger partial charge in [-0.15, -0.1) is 0 Å². The van der Waals surface area contributed by atoms with Crippen molar-refractivity contribution in [3.63, 3.8) is 0 Å². The van der Waals surface area contributed by atoms with Crippen molar-refractivity contribution in [2.45, 2.75) is 31.7 Å². The van der Waals surface area contributed by atoms with Gasteiger partial charge in [-0.05, 0) is 35.6 Å². The maximum atomic E-state index is 12.5. The number of ether oxygens (including phenoxy) is 1. The minimum Gasteiger partial charge on any atom is -0.472 e. The molecule has 0 radical (unpaired) electrons. The zero-order chi connectivity index (χ0) is 22.4. The molecule has 2 aromatic carbocycles. The van der Waals surface area contributed by atoms with Gasteiger partial charge in [0.2, 0.25) is 5.91 Å². The van der Waals surface area contributed by atoms with Crippen molar-refractivity contribution in [2.75, 3.05) is 13.2 Å². The number of carbonyl (C=O) groups is 3. The molecule has 1 unspecified atom stereocenters. The van der Waals surface area contributed by atoms with E-state index in [0.29, 0.717) is 6.42 Å². The molecule has 0 saturated heterocycles. The second-order valence-electron chi connectivity index (χ2n) is 7.43. The fourth-order valence-electron chi connectivity index (χ4n) is 3.60. The van der Waals surface area contributed by atoms with Crippen molar-refractivity contribution < 1.29 is 24.2 Å². The Balaban J connectivity index is 1.63. The first-order valence-electron chi connectivity index (χ1n) is 9.99. The van der Waals surface area contributed by atoms with Crippen LogP contribution in [-0.4, -0.2) is 41.8 Å². The number of carboxylic acids is 1. The predicted molar refractivity (Wildman–Crippen MR) is 115 cm³/mol. The van der Waals surface area contributed by atoms with Crippen molar-refractivity contribution in [1.29, 1.82) is 0 Å². The molecule has 1 atom stereocenters. The lowest BCUT2D eigenvalue weighted by molar-refractivity contribution is -0.130. The number of amides is 2. The summed E-state index contributed by atoms with van der Waals surface area (Å²) >= 11 is 0. The van der Waals surface area contributed by atoms with Crippen LogP contribution in [0.3, 0.4) is 0 Å². The van der Waals surface area contributed by atoms with E-state index in [4.69, 9.17) is 9.84 Å². The molecule has 0 saturated carbocycles. The summed E-state index contributed by atoms with van der Waals surface area (Å²) < 4.78 is 5.51. The second kappa shape index (κ2) is 9.35. The maximum absolute atomic E-state index is 12.5. The Kier molecular flexibility index (Phi) is 6.61. The van der Waals surface area contributed by atoms with Gasteiger partial charge in [0.25, 0.3) is 0 Å². The van der Waals surface area contributed by atoms with E-state index >= 15 is 0 Å². The molecule has 0 heterocycles. The quantitative estimate of drug-likeness (QED) is 0.624. The number of aliphatic carboxylic acids is 1. The normalized spacial score (nSPS) is 13.6. The summed E-state index contributed by atoms with van der Waals surface area (Å²) in [4.78, 5) is 35.4. The van der Waals surface area contributed by atoms with Crippen molar-refractivity contribution >= 4 is 18.0 Å². The van der Waals surface area contributed by atoms with E-state index in [0.717, 1.165) is 22.3 Å². The summed E-state index contributed by atoms with van der Waals surface area (Å²) in [6, 6.07) is 16.1. The van der Waals surface area contributed by atoms with Crippen molar-refractivity contribution in [3.8, 4) is 23.0 Å². The van der Waals surface area contributed by atoms with Gasteiger partial charge in [-0.2, -0.15) is 0 Å². The summed E-state index contributed by atoms with van der Waals surface area (Å²) in [5.74, 6) is 2.42. The summed E-state index contributed by atoms with van der Waals surface area (Å²) in [6.07, 6.45) is -0.381. The Labute approximate surface area is 180 Å². The smallest absolute Gasteiger partial charge is 0.408 e. The Morgan fingerprint density at radius 3 is 2.19 bits per heavy atom. The first kappa shape index (κ1) is 21.9. The van der Waals surface area contributed by atoms with Crippen LogP contribution in [0.1, 0.15) is 37.3 Å². The van der Waals surface area contributed by atoms with Gasteiger partial charge in [0.15, 0.2) is 0 Å². The molecule has 0 aromatic heterocycles. The zero-order valence-corrected chi connectivity index (χ0v) is 17.4. The molecule has 3 N–H and O–H groups in total. The minimum atomic E-state index is -1.27. The highest BCUT2D eigenvalue weighted by Crippen LogP contribution is 2.44. The number of hydrogen-bond acceptors (Lipinski definition) is 4. The zero-order valence-electron chi connectivity index (χ0n) is 17.4. The third kappa shape index (κ3) is 4.86. The van der Waals surface area contributed by atoms with Crippen LogP contribution in [0.25, 0.3) is 11.1 Å². The largest absolute Gasteiger partial charge is 0.472 e. The summed E-state index contributed by atoms with van der Waals surface area (Å²) in [5, 5.41) is 13.7. The topological polar surface area (TPSA) is 105 Å². The van der Waals surface area contributed by atoms with E-state index < -0.39 is 23.5 Å². The van der Waals surface area contributed by atoms with E-state index in [1.165, 1.54) is 0 Å². The second-order valence-corrected chi connectivity index (χ2v) is 7.43. The molecule has 2 amide bonds. The van der Waals surface area contributed by atoms with Gasteiger partial charge in [0, 0.05) is 11.8 Å². The van der Waals surface area contributed by atoms with Crippen LogP contribution in [0, 0.1) is 11.8 Å². The van der Waals surface area contributed by atoms with E-state index in [-0.39, 0.29) is 19.1 Å². The van der Waals surface area contributed by atoms with E-state index in [1.54, 1.807) is 13.8 Å². The third-order valence-electron chi connectivity index (χ3n) is 5.46. The fourth-order valence-corrected chi connectivity index (χ4v) is 3.60. The van der Waals surface area contributed by atoms with E-state index in [1.807, 2.05) is 42.3 Å². The maximum Gasteiger partial charge on any atom is 0.408 e. The van der Waals surface area contributed by atoms with Gasteiger partial charge < -0.3 is 20.5 Å². The molecule has 3 rings (SSSR count). The molecular formula is C24H24N2O5. The van der Waals surface area contributed by atoms with Crippen LogP contribution in [0.4, 0.5) is 4.79 Å². The Bertz CT molecular complexity index is 1020. The van der Waals surface area contributed by atoms with Gasteiger partial charge in [-0.25, -0.2) is 9.59 Å². The SMILES string of the molecule is CCC(C)(NC(=O)OCC1c2ccccc2-c2ccccc21)C(=O)NCC#CC(=O)O. The van der Waals surface area contributed by atoms with Gasteiger partial charge in [0.05, 0.1) is 6.54 Å². The number of rotatable bonds is 6. The average molecular weight is 420 g/mol. The number of nitrogens with one attached hydrogen (secondary N) is 2. The van der Waals surface area contributed by atoms with Crippen molar-refractivity contribution in [2.24, 2.45) is 0 Å².